The number of nitrogens with one attached hydrogen (secondary N) is 2. The van der Waals surface area contributed by atoms with Crippen molar-refractivity contribution < 1.29 is 29.4 Å². The maximum absolute atomic E-state index is 12.6. The molecule has 4 aliphatic carbocycles. The Morgan fingerprint density at radius 2 is 1.62 bits per heavy atom. The van der Waals surface area contributed by atoms with Crippen LogP contribution in [0.1, 0.15) is 117 Å². The molecule has 0 saturated heterocycles. The number of carbonyl (C=O) groups is 1. The van der Waals surface area contributed by atoms with Crippen LogP contribution < -0.4 is 10.6 Å². The molecule has 4 aliphatic rings. The molecule has 1 amide bonds. The first-order chi connectivity index (χ1) is 21.7. The van der Waals surface area contributed by atoms with Gasteiger partial charge < -0.3 is 29.6 Å². The number of hydrogen-bond donors (Lipinski definition) is 2. The molecule has 0 spiro atoms. The molecule has 0 aromatic carbocycles. The number of alkyl carbamates (subject to hydrolysis) is 1. The smallest absolute Gasteiger partial charge is 0.407 e. The van der Waals surface area contributed by atoms with Crippen LogP contribution in [-0.4, -0.2) is 72.0 Å². The van der Waals surface area contributed by atoms with Crippen LogP contribution in [0.15, 0.2) is 11.6 Å². The fourth-order valence-corrected chi connectivity index (χ4v) is 10.0. The minimum atomic E-state index is -0.285. The second-order valence-electron chi connectivity index (χ2n) is 15.8. The van der Waals surface area contributed by atoms with E-state index in [0.29, 0.717) is 51.6 Å². The van der Waals surface area contributed by atoms with Crippen LogP contribution in [-0.2, 0) is 18.9 Å². The summed E-state index contributed by atoms with van der Waals surface area (Å²) in [6.45, 7) is 17.5. The van der Waals surface area contributed by atoms with Crippen LogP contribution in [0, 0.1) is 46.3 Å². The SMILES string of the molecule is CNCCOCCOCCOCCCNC(=O)OC1CC[C@@]2(C)C(=CC[C@H]3C4CC[C@H]([C@H](C)CCCC(C)C)C4(C)CCC32)C1.[HH].[HH].[HH].[HH]. The standard InChI is InChI=1S/C38H68N2O5.4H2/c1-28(2)9-7-10-29(3)33-13-14-34-32-12-11-30-27-31(15-17-37(30,4)35(32)16-18-38(33,34)5)45-36(41)40-19-8-21-42-23-25-44-26-24-43-22-20-39-6;;;;/h11,28-29,31-35,39H,7-10,12-27H2,1-6H3,(H,40,41);4*1H/t29-,31?,32+,33-,34?,35?,37+,38?;;;;/m1..../s1. The van der Waals surface area contributed by atoms with Gasteiger partial charge in [0.15, 0.2) is 0 Å². The number of likely N-dealkylation sites (N-methyl/N-ethyl adjacent to an activating group) is 1. The van der Waals surface area contributed by atoms with E-state index in [2.05, 4.69) is 51.3 Å². The van der Waals surface area contributed by atoms with E-state index in [0.717, 1.165) is 67.7 Å². The molecule has 45 heavy (non-hydrogen) atoms. The third-order valence-corrected chi connectivity index (χ3v) is 12.5. The van der Waals surface area contributed by atoms with Gasteiger partial charge in [-0.1, -0.05) is 65.5 Å². The third kappa shape index (κ3) is 9.70. The summed E-state index contributed by atoms with van der Waals surface area (Å²) >= 11 is 0. The average Bonchev–Trinajstić information content (AvgIpc) is 3.37. The van der Waals surface area contributed by atoms with Crippen molar-refractivity contribution in [2.75, 3.05) is 59.8 Å². The van der Waals surface area contributed by atoms with Crippen molar-refractivity contribution in [1.29, 1.82) is 0 Å². The lowest BCUT2D eigenvalue weighted by Gasteiger charge is -2.58. The van der Waals surface area contributed by atoms with Crippen molar-refractivity contribution in [3.8, 4) is 0 Å². The van der Waals surface area contributed by atoms with Gasteiger partial charge in [0.05, 0.1) is 33.0 Å². The van der Waals surface area contributed by atoms with E-state index in [-0.39, 0.29) is 23.3 Å². The number of rotatable bonds is 19. The second kappa shape index (κ2) is 17.8. The topological polar surface area (TPSA) is 78.0 Å². The first kappa shape index (κ1) is 36.7. The lowest BCUT2D eigenvalue weighted by Crippen LogP contribution is -2.51. The lowest BCUT2D eigenvalue weighted by molar-refractivity contribution is -0.0581. The Morgan fingerprint density at radius 3 is 2.36 bits per heavy atom. The van der Waals surface area contributed by atoms with E-state index < -0.39 is 0 Å². The first-order valence-electron chi connectivity index (χ1n) is 18.7. The highest BCUT2D eigenvalue weighted by atomic mass is 16.6. The number of carbonyl (C=O) groups excluding carboxylic acids is 1. The van der Waals surface area contributed by atoms with Crippen molar-refractivity contribution in [3.63, 3.8) is 0 Å². The van der Waals surface area contributed by atoms with Crippen LogP contribution in [0.4, 0.5) is 4.79 Å². The predicted octanol–water partition coefficient (Wildman–Crippen LogP) is 8.77. The van der Waals surface area contributed by atoms with Crippen molar-refractivity contribution >= 4 is 6.09 Å². The summed E-state index contributed by atoms with van der Waals surface area (Å²) in [6.07, 6.45) is 17.2. The van der Waals surface area contributed by atoms with Crippen molar-refractivity contribution in [2.24, 2.45) is 46.3 Å². The number of amides is 1. The van der Waals surface area contributed by atoms with Crippen LogP contribution in [0.5, 0.6) is 0 Å². The van der Waals surface area contributed by atoms with Crippen LogP contribution in [0.25, 0.3) is 0 Å². The normalized spacial score (nSPS) is 33.2. The zero-order chi connectivity index (χ0) is 32.3. The van der Waals surface area contributed by atoms with Gasteiger partial charge >= 0.3 is 6.09 Å². The largest absolute Gasteiger partial charge is 0.446 e. The summed E-state index contributed by atoms with van der Waals surface area (Å²) in [5.41, 5.74) is 2.38. The van der Waals surface area contributed by atoms with Crippen molar-refractivity contribution in [3.05, 3.63) is 11.6 Å². The first-order valence-corrected chi connectivity index (χ1v) is 18.7. The monoisotopic (exact) mass is 641 g/mol. The fraction of sp³-hybridized carbons (Fsp3) is 0.921. The minimum absolute atomic E-state index is 0. The number of ether oxygens (including phenoxy) is 4. The Balaban J connectivity index is 0.00000576. The van der Waals surface area contributed by atoms with Gasteiger partial charge in [-0.15, -0.1) is 0 Å². The van der Waals surface area contributed by atoms with Crippen molar-refractivity contribution in [1.82, 2.24) is 10.6 Å². The van der Waals surface area contributed by atoms with Crippen molar-refractivity contribution in [2.45, 2.75) is 118 Å². The maximum Gasteiger partial charge on any atom is 0.407 e. The molecule has 0 aromatic rings. The maximum atomic E-state index is 12.6. The summed E-state index contributed by atoms with van der Waals surface area (Å²) < 4.78 is 22.5. The van der Waals surface area contributed by atoms with E-state index in [1.54, 1.807) is 5.57 Å². The Kier molecular flexibility index (Phi) is 14.5. The van der Waals surface area contributed by atoms with Crippen LogP contribution >= 0.6 is 0 Å². The van der Waals surface area contributed by atoms with Gasteiger partial charge in [-0.25, -0.2) is 4.79 Å². The summed E-state index contributed by atoms with van der Waals surface area (Å²) in [5, 5.41) is 5.98. The van der Waals surface area contributed by atoms with E-state index in [4.69, 9.17) is 18.9 Å². The highest BCUT2D eigenvalue weighted by Crippen LogP contribution is 2.67. The van der Waals surface area contributed by atoms with Gasteiger partial charge in [0.25, 0.3) is 0 Å². The molecule has 0 radical (unpaired) electrons. The quantitative estimate of drug-likeness (QED) is 0.109. The summed E-state index contributed by atoms with van der Waals surface area (Å²) in [4.78, 5) is 12.6. The molecule has 268 valence electrons. The molecule has 3 saturated carbocycles. The molecule has 4 rings (SSSR count). The molecule has 7 nitrogen and oxygen atoms in total. The minimum Gasteiger partial charge on any atom is -0.446 e. The molecular formula is C38H76N2O5. The van der Waals surface area contributed by atoms with E-state index in [1.807, 2.05) is 7.05 Å². The molecule has 7 heteroatoms. The molecule has 4 unspecified atom stereocenters. The summed E-state index contributed by atoms with van der Waals surface area (Å²) in [6, 6.07) is 0. The number of hydrogen-bond acceptors (Lipinski definition) is 6. The Bertz CT molecular complexity index is 946. The van der Waals surface area contributed by atoms with Crippen LogP contribution in [0.2, 0.25) is 0 Å². The van der Waals surface area contributed by atoms with E-state index in [9.17, 15) is 4.79 Å². The highest BCUT2D eigenvalue weighted by Gasteiger charge is 2.59. The highest BCUT2D eigenvalue weighted by molar-refractivity contribution is 5.67. The van der Waals surface area contributed by atoms with Gasteiger partial charge in [-0.2, -0.15) is 0 Å². The zero-order valence-electron chi connectivity index (χ0n) is 29.8. The molecule has 0 heterocycles. The molecule has 2 N–H and O–H groups in total. The Labute approximate surface area is 281 Å². The number of allylic oxidation sites excluding steroid dienone is 1. The molecule has 8 atom stereocenters. The summed E-state index contributed by atoms with van der Waals surface area (Å²) in [7, 11) is 1.91. The molecule has 3 fully saturated rings. The average molecular weight is 641 g/mol. The summed E-state index contributed by atoms with van der Waals surface area (Å²) in [5.74, 6) is 5.10. The fourth-order valence-electron chi connectivity index (χ4n) is 10.0. The predicted molar refractivity (Wildman–Crippen MR) is 191 cm³/mol. The van der Waals surface area contributed by atoms with Crippen LogP contribution in [0.3, 0.4) is 0 Å². The van der Waals surface area contributed by atoms with E-state index >= 15 is 0 Å². The number of fused-ring (bicyclic) bond motifs is 5. The molecule has 0 aliphatic heterocycles. The Morgan fingerprint density at radius 1 is 0.889 bits per heavy atom. The molecule has 0 bridgehead atoms. The lowest BCUT2D eigenvalue weighted by atomic mass is 9.47. The third-order valence-electron chi connectivity index (χ3n) is 12.5. The van der Waals surface area contributed by atoms with Gasteiger partial charge in [0.1, 0.15) is 6.10 Å². The van der Waals surface area contributed by atoms with Gasteiger partial charge in [-0.3, -0.25) is 0 Å². The van der Waals surface area contributed by atoms with Gasteiger partial charge in [0, 0.05) is 31.8 Å². The van der Waals surface area contributed by atoms with Gasteiger partial charge in [-0.05, 0) is 105 Å². The van der Waals surface area contributed by atoms with E-state index in [1.165, 1.54) is 51.4 Å². The zero-order valence-corrected chi connectivity index (χ0v) is 29.8. The second-order valence-corrected chi connectivity index (χ2v) is 15.8. The molecule has 0 aromatic heterocycles. The molecular weight excluding hydrogens is 564 g/mol. The van der Waals surface area contributed by atoms with Gasteiger partial charge in [0.2, 0.25) is 0 Å². The Hall–Kier alpha value is -1.15.